The minimum absolute atomic E-state index is 0.0262. The van der Waals surface area contributed by atoms with Crippen molar-refractivity contribution in [1.29, 1.82) is 0 Å². The van der Waals surface area contributed by atoms with E-state index in [9.17, 15) is 10.2 Å². The molecular weight excluding hydrogens is 272 g/mol. The van der Waals surface area contributed by atoms with Gasteiger partial charge in [0, 0.05) is 5.56 Å². The first kappa shape index (κ1) is 18.9. The summed E-state index contributed by atoms with van der Waals surface area (Å²) < 4.78 is 0. The van der Waals surface area contributed by atoms with Crippen LogP contribution in [-0.4, -0.2) is 10.2 Å². The molecule has 0 radical (unpaired) electrons. The Kier molecular flexibility index (Phi) is 9.77. The third-order valence-electron chi connectivity index (χ3n) is 4.44. The third kappa shape index (κ3) is 6.72. The molecule has 126 valence electrons. The van der Waals surface area contributed by atoms with Crippen LogP contribution in [0.15, 0.2) is 12.1 Å². The summed E-state index contributed by atoms with van der Waals surface area (Å²) in [5, 5.41) is 19.9. The van der Waals surface area contributed by atoms with Crippen molar-refractivity contribution in [3.63, 3.8) is 0 Å². The number of aryl methyl sites for hydroxylation is 1. The number of rotatable bonds is 12. The molecule has 0 amide bonds. The van der Waals surface area contributed by atoms with E-state index in [1.165, 1.54) is 63.4 Å². The fourth-order valence-corrected chi connectivity index (χ4v) is 3.00. The summed E-state index contributed by atoms with van der Waals surface area (Å²) in [6.45, 7) is 4.45. The van der Waals surface area contributed by atoms with E-state index in [-0.39, 0.29) is 11.5 Å². The zero-order chi connectivity index (χ0) is 16.2. The maximum absolute atomic E-state index is 10.2. The van der Waals surface area contributed by atoms with E-state index in [2.05, 4.69) is 13.8 Å². The molecule has 0 bridgehead atoms. The average Bonchev–Trinajstić information content (AvgIpc) is 2.52. The quantitative estimate of drug-likeness (QED) is 0.360. The second-order valence-electron chi connectivity index (χ2n) is 6.40. The highest BCUT2D eigenvalue weighted by molar-refractivity contribution is 5.49. The van der Waals surface area contributed by atoms with Gasteiger partial charge in [-0.25, -0.2) is 0 Å². The highest BCUT2D eigenvalue weighted by Crippen LogP contribution is 2.33. The van der Waals surface area contributed by atoms with E-state index in [1.54, 1.807) is 6.07 Å². The second kappa shape index (κ2) is 11.4. The molecule has 2 N–H and O–H groups in total. The van der Waals surface area contributed by atoms with Gasteiger partial charge in [-0.15, -0.1) is 0 Å². The maximum Gasteiger partial charge on any atom is 0.160 e. The molecule has 0 saturated carbocycles. The molecule has 0 atom stereocenters. The van der Waals surface area contributed by atoms with Gasteiger partial charge in [0.05, 0.1) is 0 Å². The first-order valence-electron chi connectivity index (χ1n) is 9.23. The molecule has 1 rings (SSSR count). The SMILES string of the molecule is CCCCCCCc1ccc(O)c(O)c1CCCCCCC. The van der Waals surface area contributed by atoms with Crippen LogP contribution in [0.1, 0.15) is 89.2 Å². The molecule has 0 aliphatic heterocycles. The van der Waals surface area contributed by atoms with Gasteiger partial charge in [0.1, 0.15) is 0 Å². The summed E-state index contributed by atoms with van der Waals surface area (Å²) in [6, 6.07) is 3.63. The lowest BCUT2D eigenvalue weighted by Gasteiger charge is -2.13. The Morgan fingerprint density at radius 3 is 1.82 bits per heavy atom. The summed E-state index contributed by atoms with van der Waals surface area (Å²) in [5.74, 6) is 0.139. The van der Waals surface area contributed by atoms with Crippen LogP contribution in [0.5, 0.6) is 11.5 Å². The highest BCUT2D eigenvalue weighted by atomic mass is 16.3. The summed E-state index contributed by atoms with van der Waals surface area (Å²) in [6.07, 6.45) is 14.3. The Bertz CT molecular complexity index is 412. The molecular formula is C20H34O2. The molecule has 0 aliphatic carbocycles. The van der Waals surface area contributed by atoms with Gasteiger partial charge in [-0.3, -0.25) is 0 Å². The zero-order valence-electron chi connectivity index (χ0n) is 14.5. The summed E-state index contributed by atoms with van der Waals surface area (Å²) in [7, 11) is 0. The molecule has 0 aliphatic rings. The van der Waals surface area contributed by atoms with Crippen molar-refractivity contribution in [2.45, 2.75) is 90.9 Å². The van der Waals surface area contributed by atoms with Crippen molar-refractivity contribution in [1.82, 2.24) is 0 Å². The summed E-state index contributed by atoms with van der Waals surface area (Å²) in [5.41, 5.74) is 2.20. The maximum atomic E-state index is 10.2. The summed E-state index contributed by atoms with van der Waals surface area (Å²) in [4.78, 5) is 0. The lowest BCUT2D eigenvalue weighted by atomic mass is 9.95. The van der Waals surface area contributed by atoms with E-state index < -0.39 is 0 Å². The molecule has 22 heavy (non-hydrogen) atoms. The van der Waals surface area contributed by atoms with Crippen LogP contribution in [-0.2, 0) is 12.8 Å². The van der Waals surface area contributed by atoms with Gasteiger partial charge < -0.3 is 10.2 Å². The predicted octanol–water partition coefficient (Wildman–Crippen LogP) is 6.12. The van der Waals surface area contributed by atoms with E-state index >= 15 is 0 Å². The van der Waals surface area contributed by atoms with Crippen LogP contribution in [0.3, 0.4) is 0 Å². The van der Waals surface area contributed by atoms with E-state index in [1.807, 2.05) is 6.07 Å². The standard InChI is InChI=1S/C20H34O2/c1-3-5-7-9-11-13-17-15-16-19(21)20(22)18(17)14-12-10-8-6-4-2/h15-16,21-22H,3-14H2,1-2H3. The van der Waals surface area contributed by atoms with Crippen LogP contribution in [0.4, 0.5) is 0 Å². The van der Waals surface area contributed by atoms with Crippen molar-refractivity contribution in [2.75, 3.05) is 0 Å². The molecule has 0 aromatic heterocycles. The normalized spacial score (nSPS) is 11.0. The van der Waals surface area contributed by atoms with Crippen molar-refractivity contribution in [3.05, 3.63) is 23.3 Å². The van der Waals surface area contributed by atoms with Crippen LogP contribution < -0.4 is 0 Å². The van der Waals surface area contributed by atoms with Gasteiger partial charge in [-0.2, -0.15) is 0 Å². The van der Waals surface area contributed by atoms with Crippen molar-refractivity contribution in [3.8, 4) is 11.5 Å². The first-order valence-corrected chi connectivity index (χ1v) is 9.23. The van der Waals surface area contributed by atoms with Gasteiger partial charge in [0.25, 0.3) is 0 Å². The fourth-order valence-electron chi connectivity index (χ4n) is 3.00. The number of aromatic hydroxyl groups is 2. The monoisotopic (exact) mass is 306 g/mol. The van der Waals surface area contributed by atoms with Crippen LogP contribution in [0.2, 0.25) is 0 Å². The molecule has 0 fully saturated rings. The van der Waals surface area contributed by atoms with Gasteiger partial charge in [0.15, 0.2) is 11.5 Å². The molecule has 0 unspecified atom stereocenters. The Hall–Kier alpha value is -1.18. The topological polar surface area (TPSA) is 40.5 Å². The van der Waals surface area contributed by atoms with Crippen LogP contribution >= 0.6 is 0 Å². The van der Waals surface area contributed by atoms with Crippen molar-refractivity contribution < 1.29 is 10.2 Å². The molecule has 1 aromatic rings. The van der Waals surface area contributed by atoms with Gasteiger partial charge in [-0.05, 0) is 37.3 Å². The molecule has 2 nitrogen and oxygen atoms in total. The molecule has 0 spiro atoms. The fraction of sp³-hybridized carbons (Fsp3) is 0.700. The Labute approximate surface area is 136 Å². The number of phenolic OH excluding ortho intramolecular Hbond substituents is 2. The first-order chi connectivity index (χ1) is 10.7. The van der Waals surface area contributed by atoms with E-state index in [0.717, 1.165) is 24.8 Å². The number of phenols is 2. The second-order valence-corrected chi connectivity index (χ2v) is 6.40. The molecule has 0 heterocycles. The third-order valence-corrected chi connectivity index (χ3v) is 4.44. The molecule has 2 heteroatoms. The lowest BCUT2D eigenvalue weighted by molar-refractivity contribution is 0.397. The van der Waals surface area contributed by atoms with Gasteiger partial charge in [0.2, 0.25) is 0 Å². The Morgan fingerprint density at radius 1 is 0.682 bits per heavy atom. The smallest absolute Gasteiger partial charge is 0.160 e. The number of hydrogen-bond acceptors (Lipinski definition) is 2. The Morgan fingerprint density at radius 2 is 1.23 bits per heavy atom. The summed E-state index contributed by atoms with van der Waals surface area (Å²) >= 11 is 0. The number of benzene rings is 1. The van der Waals surface area contributed by atoms with Gasteiger partial charge >= 0.3 is 0 Å². The zero-order valence-corrected chi connectivity index (χ0v) is 14.5. The molecule has 0 saturated heterocycles. The van der Waals surface area contributed by atoms with E-state index in [0.29, 0.717) is 0 Å². The minimum atomic E-state index is 0.0262. The largest absolute Gasteiger partial charge is 0.504 e. The van der Waals surface area contributed by atoms with Crippen molar-refractivity contribution in [2.24, 2.45) is 0 Å². The van der Waals surface area contributed by atoms with Gasteiger partial charge in [-0.1, -0.05) is 71.3 Å². The average molecular weight is 306 g/mol. The molecule has 1 aromatic carbocycles. The Balaban J connectivity index is 2.53. The highest BCUT2D eigenvalue weighted by Gasteiger charge is 2.11. The lowest BCUT2D eigenvalue weighted by Crippen LogP contribution is -1.97. The predicted molar refractivity (Wildman–Crippen MR) is 94.7 cm³/mol. The van der Waals surface area contributed by atoms with Crippen LogP contribution in [0, 0.1) is 0 Å². The number of hydrogen-bond donors (Lipinski definition) is 2. The van der Waals surface area contributed by atoms with Crippen LogP contribution in [0.25, 0.3) is 0 Å². The van der Waals surface area contributed by atoms with E-state index in [4.69, 9.17) is 0 Å². The number of unbranched alkanes of at least 4 members (excludes halogenated alkanes) is 8. The minimum Gasteiger partial charge on any atom is -0.504 e. The van der Waals surface area contributed by atoms with Crippen molar-refractivity contribution >= 4 is 0 Å².